The van der Waals surface area contributed by atoms with Gasteiger partial charge in [0.2, 0.25) is 0 Å². The van der Waals surface area contributed by atoms with Crippen LogP contribution in [0.3, 0.4) is 0 Å². The number of carbonyl (C=O) groups excluding carboxylic acids is 2. The highest BCUT2D eigenvalue weighted by Gasteiger charge is 2.30. The molecule has 0 bridgehead atoms. The van der Waals surface area contributed by atoms with Crippen molar-refractivity contribution in [3.8, 4) is 0 Å². The number of esters is 1. The second-order valence-corrected chi connectivity index (χ2v) is 8.12. The summed E-state index contributed by atoms with van der Waals surface area (Å²) in [4.78, 5) is 27.1. The van der Waals surface area contributed by atoms with Crippen LogP contribution in [0.2, 0.25) is 5.02 Å². The highest BCUT2D eigenvalue weighted by Crippen LogP contribution is 2.36. The van der Waals surface area contributed by atoms with Crippen molar-refractivity contribution in [3.05, 3.63) is 70.1 Å². The van der Waals surface area contributed by atoms with Crippen LogP contribution in [-0.4, -0.2) is 24.5 Å². The lowest BCUT2D eigenvalue weighted by Gasteiger charge is -2.22. The van der Waals surface area contributed by atoms with Gasteiger partial charge in [0.15, 0.2) is 6.61 Å². The molecule has 28 heavy (non-hydrogen) atoms. The predicted octanol–water partition coefficient (Wildman–Crippen LogP) is 5.09. The summed E-state index contributed by atoms with van der Waals surface area (Å²) in [5, 5.41) is 1.57. The Hall–Kier alpha value is -2.63. The number of amides is 1. The number of ether oxygens (including phenoxy) is 1. The minimum Gasteiger partial charge on any atom is -0.452 e. The Bertz CT molecular complexity index is 1090. The molecule has 0 aliphatic carbocycles. The number of halogens is 1. The smallest absolute Gasteiger partial charge is 0.331 e. The number of nitrogens with zero attached hydrogens (tertiary/aromatic N) is 1. The normalized spacial score (nSPS) is 15.9. The molecule has 0 fully saturated rings. The van der Waals surface area contributed by atoms with Crippen molar-refractivity contribution in [3.63, 3.8) is 0 Å². The zero-order chi connectivity index (χ0) is 19.7. The highest BCUT2D eigenvalue weighted by atomic mass is 35.5. The lowest BCUT2D eigenvalue weighted by Crippen LogP contribution is -2.38. The van der Waals surface area contributed by atoms with Crippen molar-refractivity contribution < 1.29 is 14.3 Å². The van der Waals surface area contributed by atoms with Crippen molar-refractivity contribution in [1.82, 2.24) is 0 Å². The topological polar surface area (TPSA) is 46.6 Å². The first-order valence-electron chi connectivity index (χ1n) is 8.96. The monoisotopic (exact) mass is 411 g/mol. The first-order valence-corrected chi connectivity index (χ1v) is 10.2. The summed E-state index contributed by atoms with van der Waals surface area (Å²) < 4.78 is 6.21. The number of para-hydroxylation sites is 1. The second-order valence-electron chi connectivity index (χ2n) is 6.66. The molecule has 1 aliphatic rings. The molecule has 0 radical (unpaired) electrons. The van der Waals surface area contributed by atoms with E-state index < -0.39 is 5.97 Å². The minimum absolute atomic E-state index is 0.0523. The molecule has 0 unspecified atom stereocenters. The molecule has 2 heterocycles. The number of thiophene rings is 1. The molecule has 0 spiro atoms. The Kier molecular flexibility index (Phi) is 5.20. The van der Waals surface area contributed by atoms with E-state index in [1.807, 2.05) is 55.5 Å². The molecule has 0 N–H and O–H groups in total. The maximum atomic E-state index is 12.6. The van der Waals surface area contributed by atoms with Crippen molar-refractivity contribution in [1.29, 1.82) is 0 Å². The lowest BCUT2D eigenvalue weighted by molar-refractivity contribution is -0.143. The van der Waals surface area contributed by atoms with Gasteiger partial charge in [0.05, 0.1) is 5.02 Å². The summed E-state index contributed by atoms with van der Waals surface area (Å²) in [6, 6.07) is 15.6. The largest absolute Gasteiger partial charge is 0.452 e. The number of anilines is 1. The molecule has 6 heteroatoms. The quantitative estimate of drug-likeness (QED) is 0.443. The number of benzene rings is 2. The van der Waals surface area contributed by atoms with Gasteiger partial charge >= 0.3 is 5.97 Å². The molecule has 4 nitrogen and oxygen atoms in total. The van der Waals surface area contributed by atoms with E-state index in [1.54, 1.807) is 11.0 Å². The van der Waals surface area contributed by atoms with Gasteiger partial charge in [-0.05, 0) is 37.1 Å². The van der Waals surface area contributed by atoms with E-state index >= 15 is 0 Å². The Morgan fingerprint density at radius 1 is 1.21 bits per heavy atom. The standard InChI is InChI=1S/C22H18ClNO3S/c1-14-12-15-6-2-4-8-17(15)24(14)20(25)13-27-21(26)11-10-19-22(23)16-7-3-5-9-18(16)28-19/h2-11,14H,12-13H2,1H3/b11-10+/t14-/m1/s1. The van der Waals surface area contributed by atoms with E-state index in [1.165, 1.54) is 17.4 Å². The zero-order valence-electron chi connectivity index (χ0n) is 15.2. The van der Waals surface area contributed by atoms with Crippen molar-refractivity contribution in [2.24, 2.45) is 0 Å². The van der Waals surface area contributed by atoms with Crippen molar-refractivity contribution >= 4 is 56.7 Å². The maximum absolute atomic E-state index is 12.6. The van der Waals surface area contributed by atoms with E-state index in [9.17, 15) is 9.59 Å². The van der Waals surface area contributed by atoms with Crippen LogP contribution in [0.15, 0.2) is 54.6 Å². The fourth-order valence-electron chi connectivity index (χ4n) is 3.48. The van der Waals surface area contributed by atoms with Crippen LogP contribution >= 0.6 is 22.9 Å². The SMILES string of the molecule is C[C@@H]1Cc2ccccc2N1C(=O)COC(=O)/C=C/c1sc2ccccc2c1Cl. The summed E-state index contributed by atoms with van der Waals surface area (Å²) in [6.07, 6.45) is 3.75. The molecular formula is C22H18ClNO3S. The fourth-order valence-corrected chi connectivity index (χ4v) is 4.88. The fraction of sp³-hybridized carbons (Fsp3) is 0.182. The Labute approximate surface area is 172 Å². The first kappa shape index (κ1) is 18.7. The molecule has 3 aromatic rings. The number of hydrogen-bond acceptors (Lipinski definition) is 4. The summed E-state index contributed by atoms with van der Waals surface area (Å²) in [7, 11) is 0. The van der Waals surface area contributed by atoms with E-state index in [-0.39, 0.29) is 18.6 Å². The zero-order valence-corrected chi connectivity index (χ0v) is 16.8. The third kappa shape index (κ3) is 3.55. The molecule has 1 atom stereocenters. The molecule has 0 saturated carbocycles. The minimum atomic E-state index is -0.568. The molecule has 1 aromatic heterocycles. The molecular weight excluding hydrogens is 394 g/mol. The molecule has 4 rings (SSSR count). The van der Waals surface area contributed by atoms with Crippen LogP contribution in [0, 0.1) is 0 Å². The average molecular weight is 412 g/mol. The van der Waals surface area contributed by atoms with E-state index in [0.717, 1.165) is 32.6 Å². The van der Waals surface area contributed by atoms with Crippen LogP contribution in [0.4, 0.5) is 5.69 Å². The Balaban J connectivity index is 1.40. The lowest BCUT2D eigenvalue weighted by atomic mass is 10.1. The van der Waals surface area contributed by atoms with Gasteiger partial charge in [-0.25, -0.2) is 4.79 Å². The Morgan fingerprint density at radius 2 is 1.96 bits per heavy atom. The first-order chi connectivity index (χ1) is 13.5. The van der Waals surface area contributed by atoms with Gasteiger partial charge in [0.25, 0.3) is 5.91 Å². The van der Waals surface area contributed by atoms with Crippen molar-refractivity contribution in [2.75, 3.05) is 11.5 Å². The van der Waals surface area contributed by atoms with E-state index in [4.69, 9.17) is 16.3 Å². The number of hydrogen-bond donors (Lipinski definition) is 0. The highest BCUT2D eigenvalue weighted by molar-refractivity contribution is 7.20. The van der Waals surface area contributed by atoms with Gasteiger partial charge in [-0.3, -0.25) is 4.79 Å². The van der Waals surface area contributed by atoms with E-state index in [2.05, 4.69) is 0 Å². The molecule has 1 aliphatic heterocycles. The van der Waals surface area contributed by atoms with Gasteiger partial charge in [0, 0.05) is 32.8 Å². The van der Waals surface area contributed by atoms with Crippen LogP contribution in [0.5, 0.6) is 0 Å². The molecule has 2 aromatic carbocycles. The summed E-state index contributed by atoms with van der Waals surface area (Å²) in [5.74, 6) is -0.791. The third-order valence-corrected chi connectivity index (χ3v) is 6.40. The van der Waals surface area contributed by atoms with Crippen molar-refractivity contribution in [2.45, 2.75) is 19.4 Å². The number of rotatable bonds is 4. The van der Waals surface area contributed by atoms with Crippen LogP contribution < -0.4 is 4.90 Å². The summed E-state index contributed by atoms with van der Waals surface area (Å²) >= 11 is 7.87. The van der Waals surface area contributed by atoms with Gasteiger partial charge in [-0.2, -0.15) is 0 Å². The number of carbonyl (C=O) groups is 2. The third-order valence-electron chi connectivity index (χ3n) is 4.74. The van der Waals surface area contributed by atoms with Crippen LogP contribution in [-0.2, 0) is 20.7 Å². The van der Waals surface area contributed by atoms with Gasteiger partial charge in [0.1, 0.15) is 0 Å². The molecule has 0 saturated heterocycles. The second kappa shape index (κ2) is 7.78. The van der Waals surface area contributed by atoms with Crippen LogP contribution in [0.25, 0.3) is 16.2 Å². The predicted molar refractivity (Wildman–Crippen MR) is 114 cm³/mol. The number of fused-ring (bicyclic) bond motifs is 2. The summed E-state index contributed by atoms with van der Waals surface area (Å²) in [6.45, 7) is 1.70. The van der Waals surface area contributed by atoms with Gasteiger partial charge in [-0.15, -0.1) is 11.3 Å². The summed E-state index contributed by atoms with van der Waals surface area (Å²) in [5.41, 5.74) is 2.03. The maximum Gasteiger partial charge on any atom is 0.331 e. The van der Waals surface area contributed by atoms with Crippen LogP contribution in [0.1, 0.15) is 17.4 Å². The Morgan fingerprint density at radius 3 is 2.79 bits per heavy atom. The average Bonchev–Trinajstić information content (AvgIpc) is 3.21. The van der Waals surface area contributed by atoms with Gasteiger partial charge in [-0.1, -0.05) is 48.0 Å². The van der Waals surface area contributed by atoms with E-state index in [0.29, 0.717) is 5.02 Å². The molecule has 1 amide bonds. The molecule has 142 valence electrons. The van der Waals surface area contributed by atoms with Gasteiger partial charge < -0.3 is 9.64 Å².